The SMILES string of the molecule is COc1cc(C(=O)N(C)C2CC3CCC(C2)N3)ccc1C. The summed E-state index contributed by atoms with van der Waals surface area (Å²) >= 11 is 0. The number of hydrogen-bond donors (Lipinski definition) is 1. The number of aryl methyl sites for hydroxylation is 1. The Morgan fingerprint density at radius 2 is 1.95 bits per heavy atom. The molecule has 2 saturated heterocycles. The molecule has 2 unspecified atom stereocenters. The number of carbonyl (C=O) groups excluding carboxylic acids is 1. The van der Waals surface area contributed by atoms with Gasteiger partial charge in [-0.3, -0.25) is 4.79 Å². The van der Waals surface area contributed by atoms with Crippen LogP contribution < -0.4 is 10.1 Å². The fourth-order valence-corrected chi connectivity index (χ4v) is 3.67. The van der Waals surface area contributed by atoms with Crippen LogP contribution in [-0.4, -0.2) is 43.1 Å². The minimum Gasteiger partial charge on any atom is -0.496 e. The number of nitrogens with one attached hydrogen (secondary N) is 1. The molecular weight excluding hydrogens is 264 g/mol. The third kappa shape index (κ3) is 2.77. The van der Waals surface area contributed by atoms with Crippen molar-refractivity contribution in [1.29, 1.82) is 0 Å². The lowest BCUT2D eigenvalue weighted by atomic mass is 9.98. The lowest BCUT2D eigenvalue weighted by Gasteiger charge is -2.35. The van der Waals surface area contributed by atoms with Crippen molar-refractivity contribution in [2.75, 3.05) is 14.2 Å². The van der Waals surface area contributed by atoms with Gasteiger partial charge in [-0.1, -0.05) is 6.07 Å². The minimum absolute atomic E-state index is 0.0969. The number of fused-ring (bicyclic) bond motifs is 2. The highest BCUT2D eigenvalue weighted by atomic mass is 16.5. The average molecular weight is 288 g/mol. The van der Waals surface area contributed by atoms with Crippen molar-refractivity contribution in [1.82, 2.24) is 10.2 Å². The van der Waals surface area contributed by atoms with Crippen molar-refractivity contribution in [2.45, 2.75) is 50.7 Å². The molecule has 1 aromatic carbocycles. The molecule has 0 aromatic heterocycles. The molecule has 2 heterocycles. The van der Waals surface area contributed by atoms with Gasteiger partial charge in [0.1, 0.15) is 5.75 Å². The van der Waals surface area contributed by atoms with Gasteiger partial charge in [-0.15, -0.1) is 0 Å². The highest BCUT2D eigenvalue weighted by molar-refractivity contribution is 5.94. The van der Waals surface area contributed by atoms with E-state index in [1.54, 1.807) is 7.11 Å². The summed E-state index contributed by atoms with van der Waals surface area (Å²) < 4.78 is 5.32. The Morgan fingerprint density at radius 3 is 2.57 bits per heavy atom. The fourth-order valence-electron chi connectivity index (χ4n) is 3.67. The molecule has 21 heavy (non-hydrogen) atoms. The maximum atomic E-state index is 12.7. The largest absolute Gasteiger partial charge is 0.496 e. The molecule has 4 heteroatoms. The Kier molecular flexibility index (Phi) is 3.89. The molecule has 3 rings (SSSR count). The maximum Gasteiger partial charge on any atom is 0.253 e. The van der Waals surface area contributed by atoms with E-state index >= 15 is 0 Å². The van der Waals surface area contributed by atoms with Crippen LogP contribution in [0.4, 0.5) is 0 Å². The number of amides is 1. The Bertz CT molecular complexity index is 532. The van der Waals surface area contributed by atoms with E-state index in [9.17, 15) is 4.79 Å². The molecule has 0 radical (unpaired) electrons. The smallest absolute Gasteiger partial charge is 0.253 e. The van der Waals surface area contributed by atoms with Crippen molar-refractivity contribution in [2.24, 2.45) is 0 Å². The van der Waals surface area contributed by atoms with Gasteiger partial charge in [0.25, 0.3) is 5.91 Å². The van der Waals surface area contributed by atoms with Crippen molar-refractivity contribution < 1.29 is 9.53 Å². The molecule has 0 saturated carbocycles. The molecule has 2 aliphatic rings. The number of piperidine rings is 1. The van der Waals surface area contributed by atoms with Crippen LogP contribution in [0.5, 0.6) is 5.75 Å². The molecule has 2 aliphatic heterocycles. The third-order valence-corrected chi connectivity index (χ3v) is 4.97. The first-order valence-electron chi connectivity index (χ1n) is 7.76. The van der Waals surface area contributed by atoms with Gasteiger partial charge in [0.15, 0.2) is 0 Å². The van der Waals surface area contributed by atoms with Crippen molar-refractivity contribution in [3.05, 3.63) is 29.3 Å². The third-order valence-electron chi connectivity index (χ3n) is 4.97. The second kappa shape index (κ2) is 5.68. The molecule has 2 bridgehead atoms. The number of nitrogens with zero attached hydrogens (tertiary/aromatic N) is 1. The number of benzene rings is 1. The fraction of sp³-hybridized carbons (Fsp3) is 0.588. The van der Waals surface area contributed by atoms with Crippen molar-refractivity contribution in [3.63, 3.8) is 0 Å². The molecule has 114 valence electrons. The van der Waals surface area contributed by atoms with Crippen LogP contribution in [0.2, 0.25) is 0 Å². The molecule has 2 fully saturated rings. The summed E-state index contributed by atoms with van der Waals surface area (Å²) in [6, 6.07) is 7.24. The lowest BCUT2D eigenvalue weighted by Crippen LogP contribution is -2.48. The Labute approximate surface area is 126 Å². The van der Waals surface area contributed by atoms with E-state index in [1.807, 2.05) is 37.1 Å². The van der Waals surface area contributed by atoms with Gasteiger partial charge in [0, 0.05) is 30.7 Å². The van der Waals surface area contributed by atoms with Crippen LogP contribution in [0.1, 0.15) is 41.6 Å². The zero-order valence-corrected chi connectivity index (χ0v) is 13.1. The molecule has 0 spiro atoms. The quantitative estimate of drug-likeness (QED) is 0.928. The first-order chi connectivity index (χ1) is 10.1. The molecule has 1 aromatic rings. The van der Waals surface area contributed by atoms with E-state index in [4.69, 9.17) is 4.74 Å². The molecular formula is C17H24N2O2. The Balaban J connectivity index is 1.75. The summed E-state index contributed by atoms with van der Waals surface area (Å²) in [5, 5.41) is 3.62. The van der Waals surface area contributed by atoms with Crippen LogP contribution in [0.3, 0.4) is 0 Å². The van der Waals surface area contributed by atoms with Gasteiger partial charge in [-0.2, -0.15) is 0 Å². The summed E-state index contributed by atoms with van der Waals surface area (Å²) in [5.41, 5.74) is 1.77. The van der Waals surface area contributed by atoms with Crippen LogP contribution >= 0.6 is 0 Å². The summed E-state index contributed by atoms with van der Waals surface area (Å²) in [6.07, 6.45) is 4.65. The van der Waals surface area contributed by atoms with E-state index in [-0.39, 0.29) is 5.91 Å². The molecule has 1 amide bonds. The van der Waals surface area contributed by atoms with Crippen molar-refractivity contribution in [3.8, 4) is 5.75 Å². The van der Waals surface area contributed by atoms with Gasteiger partial charge < -0.3 is 15.0 Å². The van der Waals surface area contributed by atoms with Gasteiger partial charge in [0.05, 0.1) is 7.11 Å². The average Bonchev–Trinajstić information content (AvgIpc) is 2.84. The predicted molar refractivity (Wildman–Crippen MR) is 82.8 cm³/mol. The second-order valence-corrected chi connectivity index (χ2v) is 6.36. The first kappa shape index (κ1) is 14.4. The van der Waals surface area contributed by atoms with E-state index < -0.39 is 0 Å². The number of methoxy groups -OCH3 is 1. The number of rotatable bonds is 3. The molecule has 1 N–H and O–H groups in total. The molecule has 4 nitrogen and oxygen atoms in total. The van der Waals surface area contributed by atoms with E-state index in [1.165, 1.54) is 12.8 Å². The van der Waals surface area contributed by atoms with E-state index in [0.717, 1.165) is 24.2 Å². The number of hydrogen-bond acceptors (Lipinski definition) is 3. The zero-order chi connectivity index (χ0) is 15.0. The van der Waals surface area contributed by atoms with Crippen molar-refractivity contribution >= 4 is 5.91 Å². The summed E-state index contributed by atoms with van der Waals surface area (Å²) in [7, 11) is 3.58. The van der Waals surface area contributed by atoms with Crippen LogP contribution in [0, 0.1) is 6.92 Å². The lowest BCUT2D eigenvalue weighted by molar-refractivity contribution is 0.0681. The van der Waals surface area contributed by atoms with Gasteiger partial charge in [0.2, 0.25) is 0 Å². The van der Waals surface area contributed by atoms with Crippen LogP contribution in [0.15, 0.2) is 18.2 Å². The highest BCUT2D eigenvalue weighted by Crippen LogP contribution is 2.30. The van der Waals surface area contributed by atoms with E-state index in [0.29, 0.717) is 23.7 Å². The minimum atomic E-state index is 0.0969. The second-order valence-electron chi connectivity index (χ2n) is 6.36. The number of carbonyl (C=O) groups is 1. The molecule has 0 aliphatic carbocycles. The monoisotopic (exact) mass is 288 g/mol. The topological polar surface area (TPSA) is 41.6 Å². The van der Waals surface area contributed by atoms with Crippen LogP contribution in [0.25, 0.3) is 0 Å². The standard InChI is InChI=1S/C17H24N2O2/c1-11-4-5-12(8-16(11)21-3)17(20)19(2)15-9-13-6-7-14(10-15)18-13/h4-5,8,13-15,18H,6-7,9-10H2,1-3H3. The van der Waals surface area contributed by atoms with Gasteiger partial charge >= 0.3 is 0 Å². The van der Waals surface area contributed by atoms with E-state index in [2.05, 4.69) is 5.32 Å². The van der Waals surface area contributed by atoms with Gasteiger partial charge in [-0.25, -0.2) is 0 Å². The van der Waals surface area contributed by atoms with Crippen LogP contribution in [-0.2, 0) is 0 Å². The summed E-state index contributed by atoms with van der Waals surface area (Å²) in [4.78, 5) is 14.6. The maximum absolute atomic E-state index is 12.7. The highest BCUT2D eigenvalue weighted by Gasteiger charge is 2.36. The summed E-state index contributed by atoms with van der Waals surface area (Å²) in [6.45, 7) is 1.99. The molecule has 2 atom stereocenters. The first-order valence-corrected chi connectivity index (χ1v) is 7.76. The predicted octanol–water partition coefficient (Wildman–Crippen LogP) is 2.36. The van der Waals surface area contributed by atoms with Gasteiger partial charge in [-0.05, 0) is 50.3 Å². The normalized spacial score (nSPS) is 27.5. The zero-order valence-electron chi connectivity index (χ0n) is 13.1. The number of ether oxygens (including phenoxy) is 1. The Morgan fingerprint density at radius 1 is 1.29 bits per heavy atom. The Hall–Kier alpha value is -1.55. The summed E-state index contributed by atoms with van der Waals surface area (Å²) in [5.74, 6) is 0.874.